The molecule has 2 aromatic carbocycles. The normalized spacial score (nSPS) is 10.3. The molecular weight excluding hydrogens is 325 g/mol. The highest BCUT2D eigenvalue weighted by molar-refractivity contribution is 6.03. The van der Waals surface area contributed by atoms with Crippen molar-refractivity contribution in [2.45, 2.75) is 13.0 Å². The lowest BCUT2D eigenvalue weighted by molar-refractivity contribution is -0.124. The third kappa shape index (κ3) is 4.73. The van der Waals surface area contributed by atoms with Crippen molar-refractivity contribution in [3.05, 3.63) is 59.4 Å². The molecule has 0 atom stereocenters. The summed E-state index contributed by atoms with van der Waals surface area (Å²) in [5.41, 5.74) is 5.18. The summed E-state index contributed by atoms with van der Waals surface area (Å²) in [6, 6.07) is 7.13. The van der Waals surface area contributed by atoms with Crippen molar-refractivity contribution in [1.29, 1.82) is 0 Å². The smallest absolute Gasteiger partial charge is 0.233 e. The van der Waals surface area contributed by atoms with E-state index in [1.54, 1.807) is 0 Å². The topological polar surface area (TPSA) is 81.4 Å². The third-order valence-electron chi connectivity index (χ3n) is 2.96. The van der Waals surface area contributed by atoms with Gasteiger partial charge in [-0.2, -0.15) is 0 Å². The Morgan fingerprint density at radius 2 is 1.62 bits per heavy atom. The van der Waals surface area contributed by atoms with Crippen molar-refractivity contribution in [3.63, 3.8) is 0 Å². The molecule has 0 saturated carbocycles. The van der Waals surface area contributed by atoms with E-state index in [0.717, 1.165) is 6.07 Å². The minimum absolute atomic E-state index is 0.132. The number of carbonyl (C=O) groups excluding carboxylic acids is 2. The molecular formula is C16H13F3N2O3. The van der Waals surface area contributed by atoms with Gasteiger partial charge in [-0.25, -0.2) is 13.2 Å². The molecule has 0 unspecified atom stereocenters. The number of amides is 2. The molecule has 0 saturated heterocycles. The zero-order chi connectivity index (χ0) is 17.7. The van der Waals surface area contributed by atoms with Gasteiger partial charge in [-0.15, -0.1) is 0 Å². The number of hydrogen-bond acceptors (Lipinski definition) is 3. The Hall–Kier alpha value is -3.03. The maximum Gasteiger partial charge on any atom is 0.233 e. The highest BCUT2D eigenvalue weighted by atomic mass is 19.2. The van der Waals surface area contributed by atoms with Crippen LogP contribution in [-0.4, -0.2) is 11.8 Å². The maximum absolute atomic E-state index is 13.5. The zero-order valence-electron chi connectivity index (χ0n) is 12.3. The molecule has 0 heterocycles. The van der Waals surface area contributed by atoms with E-state index < -0.39 is 35.7 Å². The number of hydrogen-bond donors (Lipinski definition) is 2. The van der Waals surface area contributed by atoms with E-state index in [9.17, 15) is 22.8 Å². The lowest BCUT2D eigenvalue weighted by Gasteiger charge is -2.09. The molecule has 0 bridgehead atoms. The lowest BCUT2D eigenvalue weighted by atomic mass is 10.2. The largest absolute Gasteiger partial charge is 0.489 e. The Balaban J connectivity index is 1.96. The van der Waals surface area contributed by atoms with E-state index in [1.165, 1.54) is 24.3 Å². The highest BCUT2D eigenvalue weighted by Crippen LogP contribution is 2.19. The summed E-state index contributed by atoms with van der Waals surface area (Å²) in [6.45, 7) is -0.295. The Morgan fingerprint density at radius 1 is 1.00 bits per heavy atom. The first kappa shape index (κ1) is 17.3. The molecule has 24 heavy (non-hydrogen) atoms. The summed E-state index contributed by atoms with van der Waals surface area (Å²) in [5.74, 6) is -4.33. The number of rotatable bonds is 6. The van der Waals surface area contributed by atoms with E-state index in [4.69, 9.17) is 10.5 Å². The molecule has 2 aromatic rings. The fourth-order valence-corrected chi connectivity index (χ4v) is 1.83. The average Bonchev–Trinajstić information content (AvgIpc) is 2.50. The molecule has 2 rings (SSSR count). The Morgan fingerprint density at radius 3 is 2.25 bits per heavy atom. The van der Waals surface area contributed by atoms with Crippen molar-refractivity contribution in [1.82, 2.24) is 0 Å². The van der Waals surface area contributed by atoms with E-state index in [-0.39, 0.29) is 12.2 Å². The molecule has 2 amide bonds. The second-order valence-corrected chi connectivity index (χ2v) is 4.86. The minimum Gasteiger partial charge on any atom is -0.489 e. The van der Waals surface area contributed by atoms with Gasteiger partial charge >= 0.3 is 0 Å². The number of halogens is 3. The summed E-state index contributed by atoms with van der Waals surface area (Å²) in [7, 11) is 0. The molecule has 5 nitrogen and oxygen atoms in total. The van der Waals surface area contributed by atoms with Gasteiger partial charge in [0, 0.05) is 17.3 Å². The van der Waals surface area contributed by atoms with Crippen LogP contribution in [0.1, 0.15) is 12.0 Å². The number of carbonyl (C=O) groups is 2. The van der Waals surface area contributed by atoms with Crippen LogP contribution in [0.25, 0.3) is 0 Å². The summed E-state index contributed by atoms with van der Waals surface area (Å²) >= 11 is 0. The van der Waals surface area contributed by atoms with Crippen LogP contribution in [0.4, 0.5) is 18.9 Å². The van der Waals surface area contributed by atoms with Gasteiger partial charge in [0.1, 0.15) is 24.6 Å². The number of benzene rings is 2. The second kappa shape index (κ2) is 7.49. The first-order valence-corrected chi connectivity index (χ1v) is 6.79. The van der Waals surface area contributed by atoms with Gasteiger partial charge in [0.15, 0.2) is 11.6 Å². The van der Waals surface area contributed by atoms with Crippen molar-refractivity contribution < 1.29 is 27.5 Å². The second-order valence-electron chi connectivity index (χ2n) is 4.86. The predicted molar refractivity (Wildman–Crippen MR) is 79.5 cm³/mol. The van der Waals surface area contributed by atoms with Crippen LogP contribution in [0.3, 0.4) is 0 Å². The fourth-order valence-electron chi connectivity index (χ4n) is 1.83. The van der Waals surface area contributed by atoms with Gasteiger partial charge in [-0.1, -0.05) is 0 Å². The molecule has 126 valence electrons. The number of ether oxygens (including phenoxy) is 1. The van der Waals surface area contributed by atoms with Crippen molar-refractivity contribution >= 4 is 17.5 Å². The first-order valence-electron chi connectivity index (χ1n) is 6.79. The van der Waals surface area contributed by atoms with Gasteiger partial charge in [0.25, 0.3) is 0 Å². The van der Waals surface area contributed by atoms with Crippen LogP contribution < -0.4 is 15.8 Å². The van der Waals surface area contributed by atoms with Gasteiger partial charge in [-0.3, -0.25) is 9.59 Å². The quantitative estimate of drug-likeness (QED) is 0.627. The molecule has 8 heteroatoms. The number of nitrogens with two attached hydrogens (primary N) is 1. The van der Waals surface area contributed by atoms with Gasteiger partial charge < -0.3 is 15.8 Å². The fraction of sp³-hybridized carbons (Fsp3) is 0.125. The number of nitrogens with one attached hydrogen (secondary N) is 1. The number of primary amides is 1. The summed E-state index contributed by atoms with van der Waals surface area (Å²) in [6.07, 6.45) is -0.437. The molecule has 0 aromatic heterocycles. The Bertz CT molecular complexity index is 764. The van der Waals surface area contributed by atoms with Gasteiger partial charge in [0.2, 0.25) is 11.8 Å². The zero-order valence-corrected chi connectivity index (χ0v) is 12.3. The Kier molecular flexibility index (Phi) is 5.41. The van der Waals surface area contributed by atoms with Crippen molar-refractivity contribution in [3.8, 4) is 5.75 Å². The standard InChI is InChI=1S/C16H13F3N2O3/c17-12-6-14(19)13(18)5-9(12)8-24-11-3-1-10(2-4-11)21-16(23)7-15(20)22/h1-6H,7-8H2,(H2,20,22)(H,21,23). The summed E-state index contributed by atoms with van der Waals surface area (Å²) in [4.78, 5) is 22.0. The average molecular weight is 338 g/mol. The van der Waals surface area contributed by atoms with Crippen LogP contribution in [0.15, 0.2) is 36.4 Å². The van der Waals surface area contributed by atoms with Crippen LogP contribution in [0.2, 0.25) is 0 Å². The molecule has 0 aliphatic heterocycles. The molecule has 0 aliphatic carbocycles. The highest BCUT2D eigenvalue weighted by Gasteiger charge is 2.10. The van der Waals surface area contributed by atoms with Crippen molar-refractivity contribution in [2.75, 3.05) is 5.32 Å². The van der Waals surface area contributed by atoms with Gasteiger partial charge in [0.05, 0.1) is 0 Å². The van der Waals surface area contributed by atoms with Crippen LogP contribution in [-0.2, 0) is 16.2 Å². The monoisotopic (exact) mass is 338 g/mol. The molecule has 0 spiro atoms. The summed E-state index contributed by atoms with van der Waals surface area (Å²) in [5, 5.41) is 2.45. The minimum atomic E-state index is -1.27. The van der Waals surface area contributed by atoms with E-state index in [0.29, 0.717) is 17.5 Å². The van der Waals surface area contributed by atoms with E-state index in [1.807, 2.05) is 0 Å². The van der Waals surface area contributed by atoms with E-state index in [2.05, 4.69) is 5.32 Å². The molecule has 0 aliphatic rings. The van der Waals surface area contributed by atoms with Crippen LogP contribution >= 0.6 is 0 Å². The van der Waals surface area contributed by atoms with Crippen LogP contribution in [0, 0.1) is 17.5 Å². The maximum atomic E-state index is 13.5. The lowest BCUT2D eigenvalue weighted by Crippen LogP contribution is -2.21. The van der Waals surface area contributed by atoms with Crippen molar-refractivity contribution in [2.24, 2.45) is 5.73 Å². The third-order valence-corrected chi connectivity index (χ3v) is 2.96. The number of anilines is 1. The predicted octanol–water partition coefficient (Wildman–Crippen LogP) is 2.50. The molecule has 0 fully saturated rings. The summed E-state index contributed by atoms with van der Waals surface area (Å²) < 4.78 is 44.7. The van der Waals surface area contributed by atoms with E-state index >= 15 is 0 Å². The Labute approximate surface area is 135 Å². The molecule has 3 N–H and O–H groups in total. The SMILES string of the molecule is NC(=O)CC(=O)Nc1ccc(OCc2cc(F)c(F)cc2F)cc1. The molecule has 0 radical (unpaired) electrons. The van der Waals surface area contributed by atoms with Gasteiger partial charge in [-0.05, 0) is 30.3 Å². The van der Waals surface area contributed by atoms with Crippen LogP contribution in [0.5, 0.6) is 5.75 Å². The first-order chi connectivity index (χ1) is 11.3.